The summed E-state index contributed by atoms with van der Waals surface area (Å²) in [6.45, 7) is 12.7. The van der Waals surface area contributed by atoms with E-state index in [2.05, 4.69) is 45.3 Å². The Kier molecular flexibility index (Phi) is 4.85. The summed E-state index contributed by atoms with van der Waals surface area (Å²) >= 11 is 0. The summed E-state index contributed by atoms with van der Waals surface area (Å²) in [5, 5.41) is 6.23. The van der Waals surface area contributed by atoms with Crippen LogP contribution in [0.1, 0.15) is 57.0 Å². The normalized spacial score (nSPS) is 12.2. The molecule has 0 aliphatic heterocycles. The minimum absolute atomic E-state index is 0.0210. The van der Waals surface area contributed by atoms with E-state index in [1.54, 1.807) is 0 Å². The first-order valence-corrected chi connectivity index (χ1v) is 7.15. The van der Waals surface area contributed by atoms with E-state index >= 15 is 0 Å². The van der Waals surface area contributed by atoms with Gasteiger partial charge >= 0.3 is 0 Å². The lowest BCUT2D eigenvalue weighted by Gasteiger charge is -2.33. The van der Waals surface area contributed by atoms with Gasteiger partial charge in [-0.05, 0) is 44.7 Å². The molecule has 0 fully saturated rings. The molecule has 0 bridgehead atoms. The van der Waals surface area contributed by atoms with Crippen molar-refractivity contribution < 1.29 is 4.79 Å². The van der Waals surface area contributed by atoms with Crippen molar-refractivity contribution in [2.45, 2.75) is 53.5 Å². The van der Waals surface area contributed by atoms with Gasteiger partial charge in [-0.25, -0.2) is 0 Å². The Morgan fingerprint density at radius 1 is 1.15 bits per heavy atom. The number of carbonyl (C=O) groups is 1. The number of benzene rings is 1. The summed E-state index contributed by atoms with van der Waals surface area (Å²) in [4.78, 5) is 12.5. The lowest BCUT2D eigenvalue weighted by molar-refractivity contribution is 0.0892. The average molecular weight is 276 g/mol. The van der Waals surface area contributed by atoms with Gasteiger partial charge in [0.05, 0.1) is 5.56 Å². The molecule has 0 heterocycles. The minimum atomic E-state index is -0.232. The molecule has 0 spiro atoms. The number of amides is 1. The van der Waals surface area contributed by atoms with Crippen molar-refractivity contribution in [1.29, 1.82) is 0 Å². The lowest BCUT2D eigenvalue weighted by Crippen LogP contribution is -2.46. The largest absolute Gasteiger partial charge is 0.387 e. The van der Waals surface area contributed by atoms with Gasteiger partial charge in [-0.3, -0.25) is 4.79 Å². The smallest absolute Gasteiger partial charge is 0.253 e. The predicted molar refractivity (Wildman–Crippen MR) is 86.3 cm³/mol. The first kappa shape index (κ1) is 16.5. The SMILES string of the molecule is CNc1ccc(C)cc1C(=O)NC(C)(C)CC(C)(C)C. The van der Waals surface area contributed by atoms with Gasteiger partial charge in [-0.1, -0.05) is 32.4 Å². The number of rotatable bonds is 4. The molecule has 1 aromatic carbocycles. The van der Waals surface area contributed by atoms with Crippen molar-refractivity contribution >= 4 is 11.6 Å². The van der Waals surface area contributed by atoms with Gasteiger partial charge in [0.1, 0.15) is 0 Å². The summed E-state index contributed by atoms with van der Waals surface area (Å²) in [7, 11) is 1.84. The molecule has 20 heavy (non-hydrogen) atoms. The van der Waals surface area contributed by atoms with Crippen molar-refractivity contribution in [3.05, 3.63) is 29.3 Å². The first-order valence-electron chi connectivity index (χ1n) is 7.15. The molecule has 1 aromatic rings. The fraction of sp³-hybridized carbons (Fsp3) is 0.588. The third-order valence-electron chi connectivity index (χ3n) is 3.11. The van der Waals surface area contributed by atoms with E-state index in [1.807, 2.05) is 32.2 Å². The minimum Gasteiger partial charge on any atom is -0.387 e. The summed E-state index contributed by atoms with van der Waals surface area (Å²) in [6.07, 6.45) is 0.923. The maximum absolute atomic E-state index is 12.5. The van der Waals surface area contributed by atoms with Crippen molar-refractivity contribution in [1.82, 2.24) is 5.32 Å². The van der Waals surface area contributed by atoms with Gasteiger partial charge in [0.15, 0.2) is 0 Å². The van der Waals surface area contributed by atoms with Crippen LogP contribution in [0.2, 0.25) is 0 Å². The van der Waals surface area contributed by atoms with Gasteiger partial charge in [0, 0.05) is 18.3 Å². The first-order chi connectivity index (χ1) is 9.04. The molecule has 3 heteroatoms. The molecule has 3 nitrogen and oxygen atoms in total. The van der Waals surface area contributed by atoms with Crippen LogP contribution in [-0.4, -0.2) is 18.5 Å². The van der Waals surface area contributed by atoms with Gasteiger partial charge in [-0.2, -0.15) is 0 Å². The quantitative estimate of drug-likeness (QED) is 0.873. The average Bonchev–Trinajstić information content (AvgIpc) is 2.24. The highest BCUT2D eigenvalue weighted by atomic mass is 16.1. The van der Waals surface area contributed by atoms with Crippen molar-refractivity contribution in [2.75, 3.05) is 12.4 Å². The van der Waals surface area contributed by atoms with Crippen LogP contribution in [0.25, 0.3) is 0 Å². The van der Waals surface area contributed by atoms with E-state index in [9.17, 15) is 4.79 Å². The highest BCUT2D eigenvalue weighted by Gasteiger charge is 2.27. The van der Waals surface area contributed by atoms with Gasteiger partial charge < -0.3 is 10.6 Å². The number of carbonyl (C=O) groups excluding carboxylic acids is 1. The molecule has 0 saturated heterocycles. The Balaban J connectivity index is 2.94. The Hall–Kier alpha value is -1.51. The highest BCUT2D eigenvalue weighted by Crippen LogP contribution is 2.27. The standard InChI is InChI=1S/C17H28N2O/c1-12-8-9-14(18-7)13(10-12)15(20)19-17(5,6)11-16(2,3)4/h8-10,18H,11H2,1-7H3,(H,19,20). The molecule has 0 unspecified atom stereocenters. The maximum Gasteiger partial charge on any atom is 0.253 e. The van der Waals surface area contributed by atoms with E-state index in [0.717, 1.165) is 17.7 Å². The molecule has 0 aromatic heterocycles. The molecule has 1 amide bonds. The highest BCUT2D eigenvalue weighted by molar-refractivity contribution is 6.00. The summed E-state index contributed by atoms with van der Waals surface area (Å²) < 4.78 is 0. The molecule has 112 valence electrons. The Morgan fingerprint density at radius 2 is 1.75 bits per heavy atom. The van der Waals surface area contributed by atoms with E-state index in [0.29, 0.717) is 5.56 Å². The van der Waals surface area contributed by atoms with Crippen LogP contribution in [-0.2, 0) is 0 Å². The second kappa shape index (κ2) is 5.86. The molecular formula is C17H28N2O. The number of anilines is 1. The Labute approximate surface area is 123 Å². The Morgan fingerprint density at radius 3 is 2.25 bits per heavy atom. The number of hydrogen-bond acceptors (Lipinski definition) is 2. The monoisotopic (exact) mass is 276 g/mol. The molecule has 0 atom stereocenters. The summed E-state index contributed by atoms with van der Waals surface area (Å²) in [6, 6.07) is 5.87. The van der Waals surface area contributed by atoms with E-state index in [-0.39, 0.29) is 16.9 Å². The van der Waals surface area contributed by atoms with E-state index < -0.39 is 0 Å². The fourth-order valence-corrected chi connectivity index (χ4v) is 2.81. The lowest BCUT2D eigenvalue weighted by atomic mass is 9.81. The van der Waals surface area contributed by atoms with E-state index in [1.165, 1.54) is 0 Å². The van der Waals surface area contributed by atoms with Crippen LogP contribution in [0.5, 0.6) is 0 Å². The predicted octanol–water partition coefficient (Wildman–Crippen LogP) is 3.98. The Bertz CT molecular complexity index is 484. The fourth-order valence-electron chi connectivity index (χ4n) is 2.81. The maximum atomic E-state index is 12.5. The summed E-state index contributed by atoms with van der Waals surface area (Å²) in [5.41, 5.74) is 2.59. The number of hydrogen-bond donors (Lipinski definition) is 2. The van der Waals surface area contributed by atoms with Crippen molar-refractivity contribution in [3.63, 3.8) is 0 Å². The molecular weight excluding hydrogens is 248 g/mol. The second-order valence-corrected chi connectivity index (χ2v) is 7.37. The van der Waals surface area contributed by atoms with Crippen LogP contribution in [0.3, 0.4) is 0 Å². The van der Waals surface area contributed by atoms with Crippen LogP contribution in [0.4, 0.5) is 5.69 Å². The molecule has 1 rings (SSSR count). The topological polar surface area (TPSA) is 41.1 Å². The van der Waals surface area contributed by atoms with Crippen molar-refractivity contribution in [3.8, 4) is 0 Å². The van der Waals surface area contributed by atoms with Gasteiger partial charge in [-0.15, -0.1) is 0 Å². The zero-order chi connectivity index (χ0) is 15.6. The van der Waals surface area contributed by atoms with Crippen LogP contribution < -0.4 is 10.6 Å². The second-order valence-electron chi connectivity index (χ2n) is 7.37. The van der Waals surface area contributed by atoms with Crippen LogP contribution in [0.15, 0.2) is 18.2 Å². The zero-order valence-corrected chi connectivity index (χ0v) is 13.8. The third kappa shape index (κ3) is 4.87. The molecule has 0 radical (unpaired) electrons. The van der Waals surface area contributed by atoms with Crippen LogP contribution in [0, 0.1) is 12.3 Å². The number of nitrogens with one attached hydrogen (secondary N) is 2. The zero-order valence-electron chi connectivity index (χ0n) is 13.8. The van der Waals surface area contributed by atoms with Crippen molar-refractivity contribution in [2.24, 2.45) is 5.41 Å². The van der Waals surface area contributed by atoms with E-state index in [4.69, 9.17) is 0 Å². The molecule has 0 aliphatic carbocycles. The van der Waals surface area contributed by atoms with Crippen LogP contribution >= 0.6 is 0 Å². The van der Waals surface area contributed by atoms with Gasteiger partial charge in [0.25, 0.3) is 5.91 Å². The summed E-state index contributed by atoms with van der Waals surface area (Å²) in [5.74, 6) is -0.0210. The number of aryl methyl sites for hydroxylation is 1. The van der Waals surface area contributed by atoms with Gasteiger partial charge in [0.2, 0.25) is 0 Å². The molecule has 2 N–H and O–H groups in total. The third-order valence-corrected chi connectivity index (χ3v) is 3.11. The molecule has 0 saturated carbocycles. The molecule has 0 aliphatic rings.